The molecule has 1 heterocycles. The molecule has 0 aromatic rings. The Kier molecular flexibility index (Phi) is 3.27. The lowest BCUT2D eigenvalue weighted by atomic mass is 9.86. The molecule has 0 unspecified atom stereocenters. The van der Waals surface area contributed by atoms with E-state index >= 15 is 0 Å². The van der Waals surface area contributed by atoms with Crippen LogP contribution in [0, 0.1) is 5.41 Å². The third kappa shape index (κ3) is 2.94. The van der Waals surface area contributed by atoms with Crippen LogP contribution in [-0.4, -0.2) is 19.0 Å². The second-order valence-electron chi connectivity index (χ2n) is 4.30. The van der Waals surface area contributed by atoms with Gasteiger partial charge in [-0.15, -0.1) is 0 Å². The van der Waals surface area contributed by atoms with Gasteiger partial charge < -0.3 is 9.53 Å². The maximum Gasteiger partial charge on any atom is 0.125 e. The fourth-order valence-electron chi connectivity index (χ4n) is 1.60. The van der Waals surface area contributed by atoms with Gasteiger partial charge in [0.1, 0.15) is 6.29 Å². The van der Waals surface area contributed by atoms with E-state index in [0.717, 1.165) is 25.7 Å². The van der Waals surface area contributed by atoms with E-state index in [1.807, 2.05) is 13.8 Å². The number of rotatable bonds is 3. The van der Waals surface area contributed by atoms with Crippen LogP contribution in [0.3, 0.4) is 0 Å². The Labute approximate surface area is 74.3 Å². The molecule has 0 aromatic carbocycles. The molecule has 0 aliphatic carbocycles. The second-order valence-corrected chi connectivity index (χ2v) is 4.30. The number of hydrogen-bond acceptors (Lipinski definition) is 2. The SMILES string of the molecule is CC(C)(C=O)C[C@@H]1CCCCO1. The van der Waals surface area contributed by atoms with Crippen LogP contribution in [0.2, 0.25) is 0 Å². The number of carbonyl (C=O) groups excluding carboxylic acids is 1. The van der Waals surface area contributed by atoms with E-state index in [9.17, 15) is 4.79 Å². The van der Waals surface area contributed by atoms with Crippen LogP contribution in [0.5, 0.6) is 0 Å². The summed E-state index contributed by atoms with van der Waals surface area (Å²) in [5.74, 6) is 0. The van der Waals surface area contributed by atoms with Crippen molar-refractivity contribution in [2.45, 2.75) is 45.6 Å². The molecule has 0 saturated carbocycles. The molecule has 0 amide bonds. The zero-order valence-electron chi connectivity index (χ0n) is 8.01. The molecular formula is C10H18O2. The Hall–Kier alpha value is -0.370. The maximum atomic E-state index is 10.6. The average molecular weight is 170 g/mol. The predicted octanol–water partition coefficient (Wildman–Crippen LogP) is 2.17. The first kappa shape index (κ1) is 9.72. The van der Waals surface area contributed by atoms with Crippen LogP contribution in [0.15, 0.2) is 0 Å². The number of hydrogen-bond donors (Lipinski definition) is 0. The van der Waals surface area contributed by atoms with Gasteiger partial charge in [0.2, 0.25) is 0 Å². The van der Waals surface area contributed by atoms with E-state index in [2.05, 4.69) is 0 Å². The first-order chi connectivity index (χ1) is 5.64. The molecule has 0 radical (unpaired) electrons. The van der Waals surface area contributed by atoms with Crippen LogP contribution in [0.4, 0.5) is 0 Å². The highest BCUT2D eigenvalue weighted by Gasteiger charge is 2.24. The van der Waals surface area contributed by atoms with Crippen molar-refractivity contribution in [3.8, 4) is 0 Å². The highest BCUT2D eigenvalue weighted by Crippen LogP contribution is 2.25. The Balaban J connectivity index is 2.33. The summed E-state index contributed by atoms with van der Waals surface area (Å²) in [6, 6.07) is 0. The average Bonchev–Trinajstić information content (AvgIpc) is 2.06. The zero-order valence-corrected chi connectivity index (χ0v) is 8.01. The first-order valence-corrected chi connectivity index (χ1v) is 4.72. The lowest BCUT2D eigenvalue weighted by Crippen LogP contribution is -2.27. The molecule has 70 valence electrons. The standard InChI is InChI=1S/C10H18O2/c1-10(2,8-11)7-9-5-3-4-6-12-9/h8-9H,3-7H2,1-2H3/t9-/m0/s1. The molecule has 1 aliphatic heterocycles. The largest absolute Gasteiger partial charge is 0.378 e. The lowest BCUT2D eigenvalue weighted by Gasteiger charge is -2.28. The van der Waals surface area contributed by atoms with E-state index in [4.69, 9.17) is 4.74 Å². The van der Waals surface area contributed by atoms with Gasteiger partial charge in [-0.3, -0.25) is 0 Å². The van der Waals surface area contributed by atoms with Gasteiger partial charge in [0.15, 0.2) is 0 Å². The van der Waals surface area contributed by atoms with Crippen molar-refractivity contribution in [1.29, 1.82) is 0 Å². The quantitative estimate of drug-likeness (QED) is 0.607. The summed E-state index contributed by atoms with van der Waals surface area (Å²) < 4.78 is 5.56. The van der Waals surface area contributed by atoms with Gasteiger partial charge in [-0.05, 0) is 25.7 Å². The zero-order chi connectivity index (χ0) is 9.03. The van der Waals surface area contributed by atoms with E-state index in [1.54, 1.807) is 0 Å². The highest BCUT2D eigenvalue weighted by molar-refractivity contribution is 5.57. The van der Waals surface area contributed by atoms with Crippen molar-refractivity contribution < 1.29 is 9.53 Å². The monoisotopic (exact) mass is 170 g/mol. The fraction of sp³-hybridized carbons (Fsp3) is 0.900. The van der Waals surface area contributed by atoms with Crippen LogP contribution >= 0.6 is 0 Å². The van der Waals surface area contributed by atoms with Crippen molar-refractivity contribution in [3.05, 3.63) is 0 Å². The minimum atomic E-state index is -0.206. The van der Waals surface area contributed by atoms with E-state index < -0.39 is 0 Å². The van der Waals surface area contributed by atoms with Crippen molar-refractivity contribution in [2.24, 2.45) is 5.41 Å². The molecule has 0 bridgehead atoms. The summed E-state index contributed by atoms with van der Waals surface area (Å²) >= 11 is 0. The second kappa shape index (κ2) is 4.04. The van der Waals surface area contributed by atoms with Crippen molar-refractivity contribution in [1.82, 2.24) is 0 Å². The molecule has 1 saturated heterocycles. The van der Waals surface area contributed by atoms with Crippen LogP contribution in [-0.2, 0) is 9.53 Å². The van der Waals surface area contributed by atoms with Crippen LogP contribution in [0.1, 0.15) is 39.5 Å². The molecule has 1 aliphatic rings. The molecule has 1 rings (SSSR count). The molecule has 12 heavy (non-hydrogen) atoms. The summed E-state index contributed by atoms with van der Waals surface area (Å²) in [6.45, 7) is 4.82. The van der Waals surface area contributed by atoms with Gasteiger partial charge in [-0.1, -0.05) is 13.8 Å². The summed E-state index contributed by atoms with van der Waals surface area (Å²) in [6.07, 6.45) is 5.77. The maximum absolute atomic E-state index is 10.6. The van der Waals surface area contributed by atoms with Crippen molar-refractivity contribution in [3.63, 3.8) is 0 Å². The summed E-state index contributed by atoms with van der Waals surface area (Å²) in [5, 5.41) is 0. The number of aldehydes is 1. The van der Waals surface area contributed by atoms with Crippen molar-refractivity contribution in [2.75, 3.05) is 6.61 Å². The van der Waals surface area contributed by atoms with Gasteiger partial charge in [-0.25, -0.2) is 0 Å². The fourth-order valence-corrected chi connectivity index (χ4v) is 1.60. The Bertz CT molecular complexity index is 146. The van der Waals surface area contributed by atoms with Gasteiger partial charge in [-0.2, -0.15) is 0 Å². The minimum Gasteiger partial charge on any atom is -0.378 e. The van der Waals surface area contributed by atoms with Gasteiger partial charge in [0.25, 0.3) is 0 Å². The summed E-state index contributed by atoms with van der Waals surface area (Å²) in [4.78, 5) is 10.6. The molecule has 2 heteroatoms. The lowest BCUT2D eigenvalue weighted by molar-refractivity contribution is -0.117. The molecule has 2 nitrogen and oxygen atoms in total. The number of ether oxygens (including phenoxy) is 1. The summed E-state index contributed by atoms with van der Waals surface area (Å²) in [7, 11) is 0. The van der Waals surface area contributed by atoms with Crippen LogP contribution < -0.4 is 0 Å². The molecule has 1 fully saturated rings. The van der Waals surface area contributed by atoms with E-state index in [0.29, 0.717) is 6.10 Å². The normalized spacial score (nSPS) is 25.3. The summed E-state index contributed by atoms with van der Waals surface area (Å²) in [5.41, 5.74) is -0.206. The van der Waals surface area contributed by atoms with Gasteiger partial charge >= 0.3 is 0 Å². The third-order valence-electron chi connectivity index (χ3n) is 2.35. The molecule has 1 atom stereocenters. The third-order valence-corrected chi connectivity index (χ3v) is 2.35. The number of carbonyl (C=O) groups is 1. The molecular weight excluding hydrogens is 152 g/mol. The van der Waals surface area contributed by atoms with Crippen molar-refractivity contribution >= 4 is 6.29 Å². The van der Waals surface area contributed by atoms with E-state index in [-0.39, 0.29) is 5.41 Å². The molecule has 0 N–H and O–H groups in total. The molecule has 0 spiro atoms. The predicted molar refractivity (Wildman–Crippen MR) is 48.1 cm³/mol. The van der Waals surface area contributed by atoms with Gasteiger partial charge in [0, 0.05) is 12.0 Å². The highest BCUT2D eigenvalue weighted by atomic mass is 16.5. The van der Waals surface area contributed by atoms with Crippen LogP contribution in [0.25, 0.3) is 0 Å². The smallest absolute Gasteiger partial charge is 0.125 e. The first-order valence-electron chi connectivity index (χ1n) is 4.72. The Morgan fingerprint density at radius 1 is 1.50 bits per heavy atom. The van der Waals surface area contributed by atoms with Gasteiger partial charge in [0.05, 0.1) is 6.10 Å². The topological polar surface area (TPSA) is 26.3 Å². The Morgan fingerprint density at radius 3 is 2.75 bits per heavy atom. The Morgan fingerprint density at radius 2 is 2.25 bits per heavy atom. The van der Waals surface area contributed by atoms with E-state index in [1.165, 1.54) is 12.8 Å². The minimum absolute atomic E-state index is 0.206. The molecule has 0 aromatic heterocycles.